The molecule has 0 unspecified atom stereocenters. The first-order chi connectivity index (χ1) is 16.9. The molecule has 31 heavy (non-hydrogen) atoms. The first-order valence-corrected chi connectivity index (χ1v) is 11.1. The van der Waals surface area contributed by atoms with Crippen LogP contribution >= 0.6 is 0 Å². The lowest BCUT2D eigenvalue weighted by Gasteiger charge is -2.57. The van der Waals surface area contributed by atoms with Gasteiger partial charge in [0.1, 0.15) is 5.75 Å². The van der Waals surface area contributed by atoms with Gasteiger partial charge in [0.15, 0.2) is 5.82 Å². The van der Waals surface area contributed by atoms with Crippen molar-refractivity contribution in [2.24, 2.45) is 10.8 Å². The highest BCUT2D eigenvalue weighted by Gasteiger charge is 2.56. The number of fused-ring (bicyclic) bond motifs is 1. The second-order valence-electron chi connectivity index (χ2n) is 10.0. The van der Waals surface area contributed by atoms with Crippen molar-refractivity contribution in [1.82, 2.24) is 20.2 Å². The maximum Gasteiger partial charge on any atom is 0.151 e. The van der Waals surface area contributed by atoms with E-state index < -0.39 is 35.5 Å². The molecule has 5 nitrogen and oxygen atoms in total. The minimum Gasteiger partial charge on any atom is -0.494 e. The van der Waals surface area contributed by atoms with Crippen LogP contribution in [0.15, 0.2) is 30.4 Å². The van der Waals surface area contributed by atoms with Gasteiger partial charge < -0.3 is 4.74 Å². The molecular weight excluding hydrogens is 384 g/mol. The summed E-state index contributed by atoms with van der Waals surface area (Å²) < 4.78 is 59.6. The minimum absolute atomic E-state index is 0.501. The van der Waals surface area contributed by atoms with Gasteiger partial charge >= 0.3 is 0 Å². The fraction of sp³-hybridized carbons (Fsp3) is 0.654. The van der Waals surface area contributed by atoms with Crippen LogP contribution in [0, 0.1) is 10.8 Å². The van der Waals surface area contributed by atoms with Gasteiger partial charge in [-0.15, -0.1) is 5.10 Å². The third-order valence-electron chi connectivity index (χ3n) is 7.26. The summed E-state index contributed by atoms with van der Waals surface area (Å²) in [6.45, 7) is 12.9. The first-order valence-electron chi connectivity index (χ1n) is 14.1. The third kappa shape index (κ3) is 3.92. The number of nitrogens with zero attached hydrogens (tertiary/aromatic N) is 4. The van der Waals surface area contributed by atoms with Crippen molar-refractivity contribution in [2.45, 2.75) is 91.4 Å². The fourth-order valence-corrected chi connectivity index (χ4v) is 4.81. The van der Waals surface area contributed by atoms with Crippen molar-refractivity contribution >= 4 is 0 Å². The zero-order valence-electron chi connectivity index (χ0n) is 25.4. The van der Waals surface area contributed by atoms with Crippen LogP contribution in [0.25, 0.3) is 0 Å². The van der Waals surface area contributed by atoms with Crippen molar-refractivity contribution in [3.63, 3.8) is 0 Å². The Bertz CT molecular complexity index is 1170. The van der Waals surface area contributed by atoms with Crippen LogP contribution in [0.5, 0.6) is 5.75 Å². The van der Waals surface area contributed by atoms with E-state index in [1.54, 1.807) is 39.3 Å². The second-order valence-corrected chi connectivity index (χ2v) is 10.0. The Kier molecular flexibility index (Phi) is 4.06. The average molecular weight is 429 g/mol. The molecule has 1 fully saturated rings. The predicted octanol–water partition coefficient (Wildman–Crippen LogP) is 5.68. The van der Waals surface area contributed by atoms with Gasteiger partial charge in [0.25, 0.3) is 0 Å². The number of tetrazole rings is 1. The van der Waals surface area contributed by atoms with Gasteiger partial charge in [-0.1, -0.05) is 52.3 Å². The van der Waals surface area contributed by atoms with Crippen LogP contribution in [0.1, 0.15) is 91.8 Å². The fourth-order valence-electron chi connectivity index (χ4n) is 4.81. The SMILES string of the molecule is [2H]C1([2H])C([2H])([2H])C(C)(C)C(C)(n2nnnc2CCCCOc2ccc3c(c2)CC(=C)C3)C(C)(C)C1([2H])[2H]. The molecule has 1 heterocycles. The van der Waals surface area contributed by atoms with E-state index in [1.165, 1.54) is 16.7 Å². The van der Waals surface area contributed by atoms with Crippen LogP contribution in [-0.4, -0.2) is 26.8 Å². The number of unbranched alkanes of at least 4 members (excludes halogenated alkanes) is 1. The molecule has 2 aliphatic carbocycles. The van der Waals surface area contributed by atoms with Crippen LogP contribution in [0.3, 0.4) is 0 Å². The Labute approximate surface area is 195 Å². The molecule has 1 saturated carbocycles. The van der Waals surface area contributed by atoms with Gasteiger partial charge in [0.2, 0.25) is 0 Å². The lowest BCUT2D eigenvalue weighted by molar-refractivity contribution is -0.0775. The maximum atomic E-state index is 8.77. The summed E-state index contributed by atoms with van der Waals surface area (Å²) in [7, 11) is 0. The van der Waals surface area contributed by atoms with E-state index in [0.29, 0.717) is 18.9 Å². The summed E-state index contributed by atoms with van der Waals surface area (Å²) >= 11 is 0. The molecule has 2 aromatic rings. The van der Waals surface area contributed by atoms with Crippen molar-refractivity contribution < 1.29 is 13.0 Å². The zero-order valence-corrected chi connectivity index (χ0v) is 19.4. The van der Waals surface area contributed by atoms with Gasteiger partial charge in [-0.05, 0) is 89.9 Å². The zero-order chi connectivity index (χ0) is 27.7. The van der Waals surface area contributed by atoms with Gasteiger partial charge in [-0.25, -0.2) is 4.68 Å². The summed E-state index contributed by atoms with van der Waals surface area (Å²) in [6, 6.07) is 6.18. The van der Waals surface area contributed by atoms with Gasteiger partial charge in [0.05, 0.1) is 12.1 Å². The number of hydrogen-bond donors (Lipinski definition) is 0. The molecule has 1 aromatic heterocycles. The summed E-state index contributed by atoms with van der Waals surface area (Å²) in [4.78, 5) is 0. The number of aromatic nitrogens is 4. The Morgan fingerprint density at radius 1 is 1.06 bits per heavy atom. The summed E-state index contributed by atoms with van der Waals surface area (Å²) in [5, 5.41) is 12.3. The molecule has 0 saturated heterocycles. The second kappa shape index (κ2) is 8.07. The molecule has 0 N–H and O–H groups in total. The molecule has 5 heteroatoms. The Morgan fingerprint density at radius 3 is 2.52 bits per heavy atom. The molecule has 0 atom stereocenters. The molecule has 1 aromatic carbocycles. The maximum absolute atomic E-state index is 8.77. The van der Waals surface area contributed by atoms with E-state index in [0.717, 1.165) is 31.4 Å². The number of aryl methyl sites for hydroxylation is 1. The Hall–Kier alpha value is -2.17. The highest BCUT2D eigenvalue weighted by Crippen LogP contribution is 2.57. The number of ether oxygens (including phenoxy) is 1. The average Bonchev–Trinajstić information content (AvgIpc) is 3.42. The van der Waals surface area contributed by atoms with Crippen LogP contribution in [0.2, 0.25) is 0 Å². The quantitative estimate of drug-likeness (QED) is 0.420. The minimum atomic E-state index is -2.73. The van der Waals surface area contributed by atoms with Crippen LogP contribution in [-0.2, 0) is 24.8 Å². The van der Waals surface area contributed by atoms with E-state index >= 15 is 0 Å². The molecule has 0 amide bonds. The smallest absolute Gasteiger partial charge is 0.151 e. The van der Waals surface area contributed by atoms with Gasteiger partial charge in [-0.3, -0.25) is 0 Å². The standard InChI is InChI=1S/C26H38N4O/c1-19-16-20-11-12-22(18-21(20)17-19)31-15-8-7-10-23-27-28-29-30(23)26(6)24(2,3)13-9-14-25(26,4)5/h11-12,18H,1,7-10,13-17H2,2-6H3/i9D2,13D2,14D2. The number of rotatable bonds is 7. The first kappa shape index (κ1) is 15.6. The van der Waals surface area contributed by atoms with Gasteiger partial charge in [-0.2, -0.15) is 0 Å². The molecule has 0 bridgehead atoms. The number of allylic oxidation sites excluding steroid dienone is 1. The molecule has 168 valence electrons. The highest BCUT2D eigenvalue weighted by atomic mass is 16.5. The largest absolute Gasteiger partial charge is 0.494 e. The molecule has 0 aliphatic heterocycles. The lowest BCUT2D eigenvalue weighted by atomic mass is 9.52. The molecule has 0 radical (unpaired) electrons. The lowest BCUT2D eigenvalue weighted by Crippen LogP contribution is -2.58. The third-order valence-corrected chi connectivity index (χ3v) is 7.26. The molecular formula is C26H38N4O. The van der Waals surface area contributed by atoms with Crippen LogP contribution < -0.4 is 4.74 Å². The predicted molar refractivity (Wildman–Crippen MR) is 124 cm³/mol. The van der Waals surface area contributed by atoms with E-state index in [1.807, 2.05) is 6.07 Å². The van der Waals surface area contributed by atoms with Gasteiger partial charge in [0, 0.05) is 14.6 Å². The molecule has 0 spiro atoms. The van der Waals surface area contributed by atoms with E-state index in [-0.39, 0.29) is 0 Å². The highest BCUT2D eigenvalue weighted by molar-refractivity contribution is 5.44. The number of hydrogen-bond acceptors (Lipinski definition) is 4. The summed E-state index contributed by atoms with van der Waals surface area (Å²) in [5.74, 6) is 1.36. The van der Waals surface area contributed by atoms with Crippen molar-refractivity contribution in [2.75, 3.05) is 6.61 Å². The van der Waals surface area contributed by atoms with E-state index in [2.05, 4.69) is 34.2 Å². The summed E-state index contributed by atoms with van der Waals surface area (Å²) in [5.41, 5.74) is -0.178. The topological polar surface area (TPSA) is 52.8 Å². The Morgan fingerprint density at radius 2 is 1.77 bits per heavy atom. The summed E-state index contributed by atoms with van der Waals surface area (Å²) in [6.07, 6.45) is -3.93. The number of benzene rings is 1. The van der Waals surface area contributed by atoms with E-state index in [4.69, 9.17) is 13.0 Å². The van der Waals surface area contributed by atoms with E-state index in [9.17, 15) is 0 Å². The normalized spacial score (nSPS) is 28.9. The monoisotopic (exact) mass is 428 g/mol. The molecule has 2 aliphatic rings. The van der Waals surface area contributed by atoms with Crippen LogP contribution in [0.4, 0.5) is 0 Å². The molecule has 4 rings (SSSR count). The van der Waals surface area contributed by atoms with Crippen molar-refractivity contribution in [3.8, 4) is 5.75 Å². The van der Waals surface area contributed by atoms with Crippen molar-refractivity contribution in [1.29, 1.82) is 0 Å². The Balaban J connectivity index is 1.50. The van der Waals surface area contributed by atoms with Crippen molar-refractivity contribution in [3.05, 3.63) is 47.3 Å².